The third kappa shape index (κ3) is 7.11. The second-order valence-corrected chi connectivity index (χ2v) is 7.63. The number of methoxy groups -OCH3 is 1. The van der Waals surface area contributed by atoms with E-state index in [2.05, 4.69) is 10.6 Å². The summed E-state index contributed by atoms with van der Waals surface area (Å²) in [6.07, 6.45) is 0.435. The number of aliphatic carboxylic acids is 2. The summed E-state index contributed by atoms with van der Waals surface area (Å²) in [5.41, 5.74) is 1.64. The quantitative estimate of drug-likeness (QED) is 0.433. The monoisotopic (exact) mass is 428 g/mol. The number of rotatable bonds is 11. The average molecular weight is 428 g/mol. The second-order valence-electron chi connectivity index (χ2n) is 7.63. The lowest BCUT2D eigenvalue weighted by Crippen LogP contribution is -2.48. The summed E-state index contributed by atoms with van der Waals surface area (Å²) in [5.74, 6) is -1.96. The van der Waals surface area contributed by atoms with Crippen molar-refractivity contribution in [2.24, 2.45) is 5.92 Å². The number of amides is 1. The second kappa shape index (κ2) is 11.1. The molecule has 0 radical (unpaired) electrons. The van der Waals surface area contributed by atoms with Gasteiger partial charge in [-0.2, -0.15) is 0 Å². The minimum absolute atomic E-state index is 0.106. The van der Waals surface area contributed by atoms with Crippen LogP contribution in [-0.4, -0.2) is 47.3 Å². The van der Waals surface area contributed by atoms with Crippen molar-refractivity contribution < 1.29 is 29.3 Å². The number of carboxylic acids is 2. The largest absolute Gasteiger partial charge is 0.496 e. The highest BCUT2D eigenvalue weighted by molar-refractivity contribution is 6.06. The maximum Gasteiger partial charge on any atom is 0.321 e. The Morgan fingerprint density at radius 1 is 0.935 bits per heavy atom. The standard InChI is InChI=1S/C23H28N2O6/c1-14(2)12-18(22(27)28)25-19(23(29)30)13-15-8-10-16(11-9-15)24-21(26)17-6-4-5-7-20(17)31-3/h4-11,14,18-19,25H,12-13H2,1-3H3,(H,24,26)(H,27,28)(H,29,30). The molecule has 2 aromatic rings. The third-order valence-corrected chi connectivity index (χ3v) is 4.71. The van der Waals surface area contributed by atoms with E-state index in [1.807, 2.05) is 13.8 Å². The van der Waals surface area contributed by atoms with E-state index in [0.29, 0.717) is 29.0 Å². The van der Waals surface area contributed by atoms with Crippen molar-refractivity contribution >= 4 is 23.5 Å². The van der Waals surface area contributed by atoms with Crippen LogP contribution < -0.4 is 15.4 Å². The molecule has 31 heavy (non-hydrogen) atoms. The molecule has 0 saturated heterocycles. The van der Waals surface area contributed by atoms with Gasteiger partial charge in [-0.05, 0) is 48.6 Å². The van der Waals surface area contributed by atoms with Gasteiger partial charge in [-0.25, -0.2) is 0 Å². The highest BCUT2D eigenvalue weighted by Gasteiger charge is 2.26. The first-order valence-electron chi connectivity index (χ1n) is 9.96. The van der Waals surface area contributed by atoms with Crippen LogP contribution in [0.4, 0.5) is 5.69 Å². The molecule has 0 spiro atoms. The number of carboxylic acid groups (broad SMARTS) is 2. The number of hydrogen-bond acceptors (Lipinski definition) is 5. The number of nitrogens with one attached hydrogen (secondary N) is 2. The Morgan fingerprint density at radius 2 is 1.55 bits per heavy atom. The Labute approximate surface area is 181 Å². The van der Waals surface area contributed by atoms with Crippen molar-refractivity contribution in [3.05, 3.63) is 59.7 Å². The molecule has 2 rings (SSSR count). The summed E-state index contributed by atoms with van der Waals surface area (Å²) < 4.78 is 5.20. The molecule has 0 heterocycles. The maximum atomic E-state index is 12.5. The molecule has 0 fully saturated rings. The maximum absolute atomic E-state index is 12.5. The number of para-hydroxylation sites is 1. The zero-order valence-corrected chi connectivity index (χ0v) is 17.8. The minimum atomic E-state index is -1.12. The fourth-order valence-corrected chi connectivity index (χ4v) is 3.16. The highest BCUT2D eigenvalue weighted by Crippen LogP contribution is 2.20. The zero-order chi connectivity index (χ0) is 23.0. The fourth-order valence-electron chi connectivity index (χ4n) is 3.16. The van der Waals surface area contributed by atoms with Gasteiger partial charge >= 0.3 is 11.9 Å². The molecule has 0 aromatic heterocycles. The van der Waals surface area contributed by atoms with Crippen LogP contribution in [0, 0.1) is 5.92 Å². The molecular formula is C23H28N2O6. The molecule has 8 heteroatoms. The Morgan fingerprint density at radius 3 is 2.10 bits per heavy atom. The molecule has 166 valence electrons. The van der Waals surface area contributed by atoms with E-state index in [4.69, 9.17) is 4.74 Å². The average Bonchev–Trinajstić information content (AvgIpc) is 2.73. The van der Waals surface area contributed by atoms with Crippen molar-refractivity contribution in [1.29, 1.82) is 0 Å². The molecule has 0 bridgehead atoms. The third-order valence-electron chi connectivity index (χ3n) is 4.71. The van der Waals surface area contributed by atoms with Crippen molar-refractivity contribution in [2.75, 3.05) is 12.4 Å². The van der Waals surface area contributed by atoms with Gasteiger partial charge in [-0.3, -0.25) is 19.7 Å². The fraction of sp³-hybridized carbons (Fsp3) is 0.348. The van der Waals surface area contributed by atoms with Gasteiger partial charge in [-0.15, -0.1) is 0 Å². The van der Waals surface area contributed by atoms with Crippen molar-refractivity contribution in [1.82, 2.24) is 5.32 Å². The summed E-state index contributed by atoms with van der Waals surface area (Å²) in [6, 6.07) is 11.6. The molecular weight excluding hydrogens is 400 g/mol. The summed E-state index contributed by atoms with van der Waals surface area (Å²) >= 11 is 0. The zero-order valence-electron chi connectivity index (χ0n) is 17.8. The predicted molar refractivity (Wildman–Crippen MR) is 117 cm³/mol. The summed E-state index contributed by atoms with van der Waals surface area (Å²) in [5, 5.41) is 24.4. The number of hydrogen-bond donors (Lipinski definition) is 4. The first kappa shape index (κ1) is 23.9. The van der Waals surface area contributed by atoms with E-state index >= 15 is 0 Å². The SMILES string of the molecule is COc1ccccc1C(=O)Nc1ccc(CC(NC(CC(C)C)C(=O)O)C(=O)O)cc1. The Bertz CT molecular complexity index is 911. The van der Waals surface area contributed by atoms with Crippen LogP contribution in [0.3, 0.4) is 0 Å². The Hall–Kier alpha value is -3.39. The number of anilines is 1. The van der Waals surface area contributed by atoms with Crippen LogP contribution in [0.5, 0.6) is 5.75 Å². The lowest BCUT2D eigenvalue weighted by Gasteiger charge is -2.22. The van der Waals surface area contributed by atoms with Gasteiger partial charge in [0.05, 0.1) is 12.7 Å². The van der Waals surface area contributed by atoms with Gasteiger partial charge in [0.1, 0.15) is 17.8 Å². The molecule has 4 N–H and O–H groups in total. The number of ether oxygens (including phenoxy) is 1. The number of carbonyl (C=O) groups excluding carboxylic acids is 1. The lowest BCUT2D eigenvalue weighted by molar-refractivity contribution is -0.142. The van der Waals surface area contributed by atoms with Gasteiger partial charge < -0.3 is 20.3 Å². The van der Waals surface area contributed by atoms with Crippen molar-refractivity contribution in [3.8, 4) is 5.75 Å². The van der Waals surface area contributed by atoms with Crippen molar-refractivity contribution in [2.45, 2.75) is 38.8 Å². The van der Waals surface area contributed by atoms with Gasteiger partial charge in [0.25, 0.3) is 5.91 Å². The van der Waals surface area contributed by atoms with E-state index in [9.17, 15) is 24.6 Å². The van der Waals surface area contributed by atoms with Crippen molar-refractivity contribution in [3.63, 3.8) is 0 Å². The Balaban J connectivity index is 2.06. The summed E-state index contributed by atoms with van der Waals surface area (Å²) in [6.45, 7) is 3.76. The molecule has 0 aliphatic heterocycles. The summed E-state index contributed by atoms with van der Waals surface area (Å²) in [7, 11) is 1.49. The van der Waals surface area contributed by atoms with Crippen LogP contribution in [0.1, 0.15) is 36.2 Å². The van der Waals surface area contributed by atoms with E-state index in [-0.39, 0.29) is 18.2 Å². The normalized spacial score (nSPS) is 12.8. The van der Waals surface area contributed by atoms with E-state index in [1.165, 1.54) is 7.11 Å². The number of carbonyl (C=O) groups is 3. The molecule has 0 aliphatic rings. The lowest BCUT2D eigenvalue weighted by atomic mass is 10.0. The van der Waals surface area contributed by atoms with Gasteiger partial charge in [0.15, 0.2) is 0 Å². The first-order chi connectivity index (χ1) is 14.7. The smallest absolute Gasteiger partial charge is 0.321 e. The van der Waals surface area contributed by atoms with E-state index in [0.717, 1.165) is 0 Å². The van der Waals surface area contributed by atoms with Crippen LogP contribution in [0.2, 0.25) is 0 Å². The predicted octanol–water partition coefficient (Wildman–Crippen LogP) is 3.03. The van der Waals surface area contributed by atoms with Crippen LogP contribution >= 0.6 is 0 Å². The van der Waals surface area contributed by atoms with E-state index < -0.39 is 24.0 Å². The molecule has 1 amide bonds. The molecule has 0 saturated carbocycles. The highest BCUT2D eigenvalue weighted by atomic mass is 16.5. The minimum Gasteiger partial charge on any atom is -0.496 e. The Kier molecular flexibility index (Phi) is 8.57. The molecule has 8 nitrogen and oxygen atoms in total. The van der Waals surface area contributed by atoms with Crippen LogP contribution in [0.25, 0.3) is 0 Å². The molecule has 2 aromatic carbocycles. The van der Waals surface area contributed by atoms with Gasteiger partial charge in [0.2, 0.25) is 0 Å². The van der Waals surface area contributed by atoms with Gasteiger partial charge in [-0.1, -0.05) is 38.1 Å². The van der Waals surface area contributed by atoms with Crippen LogP contribution in [0.15, 0.2) is 48.5 Å². The molecule has 2 unspecified atom stereocenters. The summed E-state index contributed by atoms with van der Waals surface area (Å²) in [4.78, 5) is 35.6. The molecule has 0 aliphatic carbocycles. The van der Waals surface area contributed by atoms with Crippen LogP contribution in [-0.2, 0) is 16.0 Å². The first-order valence-corrected chi connectivity index (χ1v) is 9.96. The number of benzene rings is 2. The molecule has 2 atom stereocenters. The van der Waals surface area contributed by atoms with E-state index in [1.54, 1.807) is 48.5 Å². The van der Waals surface area contributed by atoms with Gasteiger partial charge in [0, 0.05) is 5.69 Å². The topological polar surface area (TPSA) is 125 Å².